The number of hydrogen-bond acceptors (Lipinski definition) is 2. The Hall–Kier alpha value is -2.27. The molecule has 0 radical (unpaired) electrons. The van der Waals surface area contributed by atoms with Crippen molar-refractivity contribution < 1.29 is 9.21 Å². The quantitative estimate of drug-likeness (QED) is 0.628. The Labute approximate surface area is 148 Å². The SMILES string of the molecule is C=CCn1c(C(=O)N2CCc3ccccc3C2)cc2oc(Br)cc21. The molecule has 1 aliphatic rings. The smallest absolute Gasteiger partial charge is 0.270 e. The van der Waals surface area contributed by atoms with Gasteiger partial charge in [0.2, 0.25) is 0 Å². The molecule has 1 aliphatic heterocycles. The maximum atomic E-state index is 13.1. The minimum absolute atomic E-state index is 0.0360. The normalized spacial score (nSPS) is 14.0. The number of rotatable bonds is 3. The topological polar surface area (TPSA) is 38.4 Å². The van der Waals surface area contributed by atoms with Gasteiger partial charge in [0.15, 0.2) is 10.3 Å². The second-order valence-electron chi connectivity index (χ2n) is 5.97. The minimum atomic E-state index is 0.0360. The Kier molecular flexibility index (Phi) is 3.81. The van der Waals surface area contributed by atoms with E-state index in [4.69, 9.17) is 4.42 Å². The van der Waals surface area contributed by atoms with Crippen molar-refractivity contribution in [2.75, 3.05) is 6.54 Å². The van der Waals surface area contributed by atoms with Crippen molar-refractivity contribution in [3.8, 4) is 0 Å². The van der Waals surface area contributed by atoms with Crippen LogP contribution in [0.3, 0.4) is 0 Å². The fourth-order valence-corrected chi connectivity index (χ4v) is 3.74. The summed E-state index contributed by atoms with van der Waals surface area (Å²) in [7, 11) is 0. The standard InChI is InChI=1S/C19H17BrN2O2/c1-2-8-22-15-11-18(20)24-17(15)10-16(22)19(23)21-9-7-13-5-3-4-6-14(13)12-21/h2-6,10-11H,1,7-9,12H2. The number of allylic oxidation sites excluding steroid dienone is 1. The molecular formula is C19H17BrN2O2. The highest BCUT2D eigenvalue weighted by molar-refractivity contribution is 9.10. The lowest BCUT2D eigenvalue weighted by Gasteiger charge is -2.29. The van der Waals surface area contributed by atoms with Gasteiger partial charge < -0.3 is 13.9 Å². The number of aromatic nitrogens is 1. The molecule has 1 amide bonds. The van der Waals surface area contributed by atoms with E-state index in [-0.39, 0.29) is 5.91 Å². The van der Waals surface area contributed by atoms with Crippen LogP contribution < -0.4 is 0 Å². The van der Waals surface area contributed by atoms with Crippen LogP contribution >= 0.6 is 15.9 Å². The molecule has 0 saturated carbocycles. The highest BCUT2D eigenvalue weighted by Gasteiger charge is 2.25. The first-order valence-electron chi connectivity index (χ1n) is 7.93. The number of carbonyl (C=O) groups excluding carboxylic acids is 1. The number of amides is 1. The van der Waals surface area contributed by atoms with Gasteiger partial charge in [0.1, 0.15) is 5.69 Å². The van der Waals surface area contributed by atoms with Crippen molar-refractivity contribution in [3.63, 3.8) is 0 Å². The Morgan fingerprint density at radius 1 is 1.29 bits per heavy atom. The predicted octanol–water partition coefficient (Wildman–Crippen LogP) is 4.38. The average Bonchev–Trinajstić information content (AvgIpc) is 3.11. The van der Waals surface area contributed by atoms with E-state index in [0.717, 1.165) is 18.5 Å². The molecule has 24 heavy (non-hydrogen) atoms. The molecule has 0 atom stereocenters. The van der Waals surface area contributed by atoms with Crippen LogP contribution in [0.4, 0.5) is 0 Å². The summed E-state index contributed by atoms with van der Waals surface area (Å²) < 4.78 is 8.24. The van der Waals surface area contributed by atoms with Crippen molar-refractivity contribution in [1.82, 2.24) is 9.47 Å². The van der Waals surface area contributed by atoms with Crippen molar-refractivity contribution in [3.05, 3.63) is 70.5 Å². The van der Waals surface area contributed by atoms with Gasteiger partial charge in [0, 0.05) is 31.8 Å². The van der Waals surface area contributed by atoms with Gasteiger partial charge in [0.25, 0.3) is 5.91 Å². The summed E-state index contributed by atoms with van der Waals surface area (Å²) in [6.07, 6.45) is 2.69. The van der Waals surface area contributed by atoms with Crippen molar-refractivity contribution in [1.29, 1.82) is 0 Å². The van der Waals surface area contributed by atoms with E-state index in [1.807, 2.05) is 27.7 Å². The molecule has 2 aromatic heterocycles. The highest BCUT2D eigenvalue weighted by atomic mass is 79.9. The molecule has 122 valence electrons. The molecule has 0 aliphatic carbocycles. The largest absolute Gasteiger partial charge is 0.448 e. The van der Waals surface area contributed by atoms with Crippen molar-refractivity contribution in [2.45, 2.75) is 19.5 Å². The number of nitrogens with zero attached hydrogens (tertiary/aromatic N) is 2. The summed E-state index contributed by atoms with van der Waals surface area (Å²) >= 11 is 3.34. The van der Waals surface area contributed by atoms with E-state index in [9.17, 15) is 4.79 Å². The third-order valence-electron chi connectivity index (χ3n) is 4.51. The van der Waals surface area contributed by atoms with Gasteiger partial charge in [-0.2, -0.15) is 0 Å². The summed E-state index contributed by atoms with van der Waals surface area (Å²) in [5, 5.41) is 0. The summed E-state index contributed by atoms with van der Waals surface area (Å²) in [6.45, 7) is 5.76. The summed E-state index contributed by atoms with van der Waals surface area (Å²) in [5.41, 5.74) is 4.83. The van der Waals surface area contributed by atoms with Crippen molar-refractivity contribution >= 4 is 32.9 Å². The molecule has 3 aromatic rings. The van der Waals surface area contributed by atoms with Crippen LogP contribution in [-0.2, 0) is 19.5 Å². The highest BCUT2D eigenvalue weighted by Crippen LogP contribution is 2.29. The lowest BCUT2D eigenvalue weighted by Crippen LogP contribution is -2.36. The van der Waals surface area contributed by atoms with Crippen LogP contribution in [0.2, 0.25) is 0 Å². The van der Waals surface area contributed by atoms with E-state index in [1.165, 1.54) is 11.1 Å². The van der Waals surface area contributed by atoms with Gasteiger partial charge in [-0.1, -0.05) is 30.3 Å². The zero-order valence-electron chi connectivity index (χ0n) is 13.2. The Morgan fingerprint density at radius 3 is 2.88 bits per heavy atom. The van der Waals surface area contributed by atoms with Crippen LogP contribution in [0, 0.1) is 0 Å². The molecule has 4 rings (SSSR count). The predicted molar refractivity (Wildman–Crippen MR) is 97.0 cm³/mol. The van der Waals surface area contributed by atoms with Gasteiger partial charge in [0.05, 0.1) is 5.52 Å². The second kappa shape index (κ2) is 5.98. The monoisotopic (exact) mass is 384 g/mol. The molecule has 0 spiro atoms. The Bertz CT molecular complexity index is 938. The van der Waals surface area contributed by atoms with Crippen molar-refractivity contribution in [2.24, 2.45) is 0 Å². The number of hydrogen-bond donors (Lipinski definition) is 0. The van der Waals surface area contributed by atoms with Crippen LogP contribution in [-0.4, -0.2) is 21.9 Å². The van der Waals surface area contributed by atoms with Crippen LogP contribution in [0.1, 0.15) is 21.6 Å². The molecule has 0 N–H and O–H groups in total. The maximum absolute atomic E-state index is 13.1. The number of furan rings is 1. The lowest BCUT2D eigenvalue weighted by atomic mass is 10.00. The number of halogens is 1. The molecule has 4 nitrogen and oxygen atoms in total. The summed E-state index contributed by atoms with van der Waals surface area (Å²) in [6, 6.07) is 12.0. The number of benzene rings is 1. The van der Waals surface area contributed by atoms with Gasteiger partial charge in [-0.15, -0.1) is 6.58 Å². The lowest BCUT2D eigenvalue weighted by molar-refractivity contribution is 0.0724. The molecule has 0 unspecified atom stereocenters. The first-order valence-corrected chi connectivity index (χ1v) is 8.72. The van der Waals surface area contributed by atoms with Gasteiger partial charge >= 0.3 is 0 Å². The molecule has 0 fully saturated rings. The van der Waals surface area contributed by atoms with Crippen LogP contribution in [0.15, 0.2) is 58.1 Å². The minimum Gasteiger partial charge on any atom is -0.448 e. The maximum Gasteiger partial charge on any atom is 0.270 e. The summed E-state index contributed by atoms with van der Waals surface area (Å²) in [4.78, 5) is 15.0. The molecular weight excluding hydrogens is 368 g/mol. The first kappa shape index (κ1) is 15.3. The van der Waals surface area contributed by atoms with E-state index < -0.39 is 0 Å². The van der Waals surface area contributed by atoms with Crippen LogP contribution in [0.25, 0.3) is 11.1 Å². The van der Waals surface area contributed by atoms with E-state index in [0.29, 0.717) is 29.0 Å². The van der Waals surface area contributed by atoms with E-state index in [2.05, 4.69) is 40.7 Å². The van der Waals surface area contributed by atoms with Crippen LogP contribution in [0.5, 0.6) is 0 Å². The van der Waals surface area contributed by atoms with E-state index in [1.54, 1.807) is 6.08 Å². The number of fused-ring (bicyclic) bond motifs is 2. The molecule has 0 bridgehead atoms. The number of carbonyl (C=O) groups is 1. The Morgan fingerprint density at radius 2 is 2.08 bits per heavy atom. The second-order valence-corrected chi connectivity index (χ2v) is 6.76. The third kappa shape index (κ3) is 2.49. The van der Waals surface area contributed by atoms with Gasteiger partial charge in [-0.3, -0.25) is 4.79 Å². The van der Waals surface area contributed by atoms with Gasteiger partial charge in [-0.05, 0) is 33.5 Å². The zero-order chi connectivity index (χ0) is 16.7. The Balaban J connectivity index is 1.70. The molecule has 1 aromatic carbocycles. The molecule has 3 heterocycles. The molecule has 0 saturated heterocycles. The zero-order valence-corrected chi connectivity index (χ0v) is 14.8. The third-order valence-corrected chi connectivity index (χ3v) is 4.90. The first-order chi connectivity index (χ1) is 11.7. The average molecular weight is 385 g/mol. The fourth-order valence-electron chi connectivity index (χ4n) is 3.35. The van der Waals surface area contributed by atoms with E-state index >= 15 is 0 Å². The van der Waals surface area contributed by atoms with Gasteiger partial charge in [-0.25, -0.2) is 0 Å². The fraction of sp³-hybridized carbons (Fsp3) is 0.211. The molecule has 5 heteroatoms. The summed E-state index contributed by atoms with van der Waals surface area (Å²) in [5.74, 6) is 0.0360.